The smallest absolute Gasteiger partial charge is 0.306 e. The average Bonchev–Trinajstić information content (AvgIpc) is 3.14. The summed E-state index contributed by atoms with van der Waals surface area (Å²) in [5.74, 6) is -0.401. The van der Waals surface area contributed by atoms with Crippen LogP contribution in [0.1, 0.15) is 226 Å². The van der Waals surface area contributed by atoms with Gasteiger partial charge in [-0.15, -0.1) is 0 Å². The summed E-state index contributed by atoms with van der Waals surface area (Å²) in [5.41, 5.74) is 0. The highest BCUT2D eigenvalue weighted by molar-refractivity contribution is 5.70. The number of ether oxygens (including phenoxy) is 3. The van der Waals surface area contributed by atoms with Crippen LogP contribution in [0.25, 0.3) is 0 Å². The molecule has 304 valence electrons. The summed E-state index contributed by atoms with van der Waals surface area (Å²) in [4.78, 5) is 25.1. The molecule has 1 unspecified atom stereocenters. The second kappa shape index (κ2) is 43.5. The van der Waals surface area contributed by atoms with Gasteiger partial charge in [-0.2, -0.15) is 0 Å². The van der Waals surface area contributed by atoms with Crippen LogP contribution in [0, 0.1) is 0 Å². The number of unbranched alkanes of at least 4 members (excludes halogenated alkanes) is 24. The highest BCUT2D eigenvalue weighted by Crippen LogP contribution is 2.14. The van der Waals surface area contributed by atoms with Crippen LogP contribution in [-0.2, 0) is 23.8 Å². The van der Waals surface area contributed by atoms with Crippen LogP contribution < -0.4 is 0 Å². The van der Waals surface area contributed by atoms with Gasteiger partial charge >= 0.3 is 11.9 Å². The van der Waals surface area contributed by atoms with E-state index in [4.69, 9.17) is 14.2 Å². The Bertz CT molecular complexity index is 832. The van der Waals surface area contributed by atoms with Gasteiger partial charge < -0.3 is 14.2 Å². The number of carbonyl (C=O) groups is 2. The van der Waals surface area contributed by atoms with Gasteiger partial charge in [0.25, 0.3) is 0 Å². The number of allylic oxidation sites excluding steroid dienone is 6. The van der Waals surface area contributed by atoms with Crippen molar-refractivity contribution >= 4 is 11.9 Å². The molecule has 0 fully saturated rings. The second-order valence-electron chi connectivity index (χ2n) is 14.9. The molecule has 0 saturated heterocycles. The van der Waals surface area contributed by atoms with Crippen LogP contribution >= 0.6 is 0 Å². The maximum Gasteiger partial charge on any atom is 0.306 e. The van der Waals surface area contributed by atoms with Gasteiger partial charge in [0, 0.05) is 19.4 Å². The van der Waals surface area contributed by atoms with Crippen molar-refractivity contribution < 1.29 is 23.8 Å². The Morgan fingerprint density at radius 3 is 1.38 bits per heavy atom. The van der Waals surface area contributed by atoms with E-state index in [-0.39, 0.29) is 25.2 Å². The quantitative estimate of drug-likeness (QED) is 0.0356. The summed E-state index contributed by atoms with van der Waals surface area (Å²) in [6, 6.07) is 0. The van der Waals surface area contributed by atoms with E-state index >= 15 is 0 Å². The highest BCUT2D eigenvalue weighted by atomic mass is 16.6. The van der Waals surface area contributed by atoms with Crippen LogP contribution in [0.5, 0.6) is 0 Å². The van der Waals surface area contributed by atoms with E-state index in [9.17, 15) is 9.59 Å². The minimum absolute atomic E-state index is 0.0867. The molecule has 0 aliphatic rings. The lowest BCUT2D eigenvalue weighted by atomic mass is 10.1. The Morgan fingerprint density at radius 1 is 0.442 bits per heavy atom. The first kappa shape index (κ1) is 50.1. The van der Waals surface area contributed by atoms with E-state index < -0.39 is 6.10 Å². The van der Waals surface area contributed by atoms with Crippen LogP contribution in [0.15, 0.2) is 36.5 Å². The van der Waals surface area contributed by atoms with Crippen molar-refractivity contribution in [1.29, 1.82) is 0 Å². The lowest BCUT2D eigenvalue weighted by Crippen LogP contribution is -2.30. The van der Waals surface area contributed by atoms with Gasteiger partial charge in [-0.1, -0.05) is 198 Å². The predicted molar refractivity (Wildman–Crippen MR) is 224 cm³/mol. The van der Waals surface area contributed by atoms with Crippen molar-refractivity contribution in [3.8, 4) is 0 Å². The van der Waals surface area contributed by atoms with Crippen molar-refractivity contribution in [3.63, 3.8) is 0 Å². The van der Waals surface area contributed by atoms with E-state index in [2.05, 4.69) is 57.2 Å². The predicted octanol–water partition coefficient (Wildman–Crippen LogP) is 14.7. The topological polar surface area (TPSA) is 61.8 Å². The Labute approximate surface area is 323 Å². The summed E-state index contributed by atoms with van der Waals surface area (Å²) in [6.45, 7) is 7.68. The summed E-state index contributed by atoms with van der Waals surface area (Å²) < 4.78 is 17.2. The van der Waals surface area contributed by atoms with E-state index in [0.29, 0.717) is 19.4 Å². The first-order valence-electron chi connectivity index (χ1n) is 22.5. The van der Waals surface area contributed by atoms with Gasteiger partial charge in [0.2, 0.25) is 0 Å². The molecule has 0 heterocycles. The molecule has 0 rings (SSSR count). The zero-order valence-corrected chi connectivity index (χ0v) is 34.8. The summed E-state index contributed by atoms with van der Waals surface area (Å²) >= 11 is 0. The SMILES string of the molecule is CC/C=C\C/C=C\C/C=C\CCCCCCCCCCOCC(COC(=O)CCCCCCCCCCCCC)OC(=O)CCCCCCCCC. The Hall–Kier alpha value is -1.88. The van der Waals surface area contributed by atoms with Crippen LogP contribution in [0.2, 0.25) is 0 Å². The molecule has 0 radical (unpaired) electrons. The standard InChI is InChI=1S/C47H86O5/c1-4-7-10-13-16-18-20-21-22-23-24-25-26-28-30-33-36-39-42-50-43-45(52-47(49)41-38-35-31-15-12-9-6-3)44-51-46(48)40-37-34-32-29-27-19-17-14-11-8-5-2/h7,10,16,18,21-22,45H,4-6,8-9,11-15,17,19-20,23-44H2,1-3H3/b10-7-,18-16-,22-21-. The van der Waals surface area contributed by atoms with Crippen molar-refractivity contribution in [3.05, 3.63) is 36.5 Å². The van der Waals surface area contributed by atoms with E-state index in [1.165, 1.54) is 135 Å². The van der Waals surface area contributed by atoms with Gasteiger partial charge in [0.05, 0.1) is 6.61 Å². The molecular formula is C47H86O5. The van der Waals surface area contributed by atoms with Gasteiger partial charge in [-0.05, 0) is 51.4 Å². The minimum atomic E-state index is -0.530. The summed E-state index contributed by atoms with van der Waals surface area (Å²) in [6.07, 6.45) is 50.1. The van der Waals surface area contributed by atoms with Crippen LogP contribution in [-0.4, -0.2) is 37.9 Å². The molecule has 0 aromatic heterocycles. The monoisotopic (exact) mass is 731 g/mol. The lowest BCUT2D eigenvalue weighted by Gasteiger charge is -2.18. The van der Waals surface area contributed by atoms with E-state index in [1.54, 1.807) is 0 Å². The maximum absolute atomic E-state index is 12.6. The molecule has 0 aliphatic carbocycles. The van der Waals surface area contributed by atoms with E-state index in [1.807, 2.05) is 0 Å². The zero-order valence-electron chi connectivity index (χ0n) is 34.8. The number of hydrogen-bond acceptors (Lipinski definition) is 5. The molecule has 0 saturated carbocycles. The molecule has 0 aromatic rings. The summed E-state index contributed by atoms with van der Waals surface area (Å²) in [7, 11) is 0. The molecule has 0 aromatic carbocycles. The fraction of sp³-hybridized carbons (Fsp3) is 0.830. The van der Waals surface area contributed by atoms with Gasteiger partial charge in [0.15, 0.2) is 6.10 Å². The minimum Gasteiger partial charge on any atom is -0.462 e. The fourth-order valence-corrected chi connectivity index (χ4v) is 6.35. The van der Waals surface area contributed by atoms with E-state index in [0.717, 1.165) is 57.8 Å². The van der Waals surface area contributed by atoms with Crippen LogP contribution in [0.4, 0.5) is 0 Å². The molecule has 0 bridgehead atoms. The van der Waals surface area contributed by atoms with Gasteiger partial charge in [-0.3, -0.25) is 9.59 Å². The van der Waals surface area contributed by atoms with Crippen LogP contribution in [0.3, 0.4) is 0 Å². The Morgan fingerprint density at radius 2 is 0.865 bits per heavy atom. The number of rotatable bonds is 41. The molecule has 0 spiro atoms. The molecule has 5 heteroatoms. The maximum atomic E-state index is 12.6. The average molecular weight is 731 g/mol. The molecule has 0 amide bonds. The summed E-state index contributed by atoms with van der Waals surface area (Å²) in [5, 5.41) is 0. The Balaban J connectivity index is 4.12. The molecule has 5 nitrogen and oxygen atoms in total. The van der Waals surface area contributed by atoms with Crippen molar-refractivity contribution in [2.75, 3.05) is 19.8 Å². The second-order valence-corrected chi connectivity index (χ2v) is 14.9. The first-order valence-corrected chi connectivity index (χ1v) is 22.5. The third kappa shape index (κ3) is 40.9. The van der Waals surface area contributed by atoms with Crippen molar-refractivity contribution in [2.45, 2.75) is 232 Å². The molecule has 0 aliphatic heterocycles. The third-order valence-corrected chi connectivity index (χ3v) is 9.69. The Kier molecular flexibility index (Phi) is 42.0. The lowest BCUT2D eigenvalue weighted by molar-refractivity contribution is -0.163. The third-order valence-electron chi connectivity index (χ3n) is 9.69. The molecule has 0 N–H and O–H groups in total. The molecular weight excluding hydrogens is 645 g/mol. The normalized spacial score (nSPS) is 12.4. The van der Waals surface area contributed by atoms with Crippen molar-refractivity contribution in [2.24, 2.45) is 0 Å². The number of hydrogen-bond donors (Lipinski definition) is 0. The van der Waals surface area contributed by atoms with Gasteiger partial charge in [0.1, 0.15) is 6.61 Å². The number of esters is 2. The van der Waals surface area contributed by atoms with Gasteiger partial charge in [-0.25, -0.2) is 0 Å². The number of carbonyl (C=O) groups excluding carboxylic acids is 2. The fourth-order valence-electron chi connectivity index (χ4n) is 6.35. The first-order chi connectivity index (χ1) is 25.6. The highest BCUT2D eigenvalue weighted by Gasteiger charge is 2.17. The molecule has 1 atom stereocenters. The van der Waals surface area contributed by atoms with Crippen molar-refractivity contribution in [1.82, 2.24) is 0 Å². The zero-order chi connectivity index (χ0) is 37.8. The largest absolute Gasteiger partial charge is 0.462 e. The molecule has 52 heavy (non-hydrogen) atoms.